The zero-order valence-corrected chi connectivity index (χ0v) is 57.5. The Morgan fingerprint density at radius 1 is 0.546 bits per heavy atom. The molecule has 1 heterocycles. The molecule has 0 radical (unpaired) electrons. The largest absolute Gasteiger partial charge is 0.489 e. The van der Waals surface area contributed by atoms with E-state index in [9.17, 15) is 69.3 Å². The maximum absolute atomic E-state index is 15.9. The van der Waals surface area contributed by atoms with Gasteiger partial charge in [-0.05, 0) is 95.0 Å². The van der Waals surface area contributed by atoms with Crippen LogP contribution in [0.25, 0.3) is 6.08 Å². The van der Waals surface area contributed by atoms with E-state index in [4.69, 9.17) is 33.2 Å². The van der Waals surface area contributed by atoms with E-state index < -0.39 is 163 Å². The Hall–Kier alpha value is -12.5. The van der Waals surface area contributed by atoms with Crippen LogP contribution in [0.3, 0.4) is 0 Å². The number of anilines is 1. The maximum atomic E-state index is 15.9. The molecular weight excluding hydrogens is 1430 g/mol. The van der Waals surface area contributed by atoms with Crippen molar-refractivity contribution in [1.82, 2.24) is 0 Å². The first-order chi connectivity index (χ1) is 51.7. The van der Waals surface area contributed by atoms with Crippen LogP contribution in [0.1, 0.15) is 94.1 Å². The molecule has 8 aromatic carbocycles. The Balaban J connectivity index is 0.949. The van der Waals surface area contributed by atoms with E-state index in [1.165, 1.54) is 42.5 Å². The Kier molecular flexibility index (Phi) is 24.7. The van der Waals surface area contributed by atoms with Gasteiger partial charge in [0.15, 0.2) is 57.9 Å². The third-order valence-electron chi connectivity index (χ3n) is 17.3. The number of carbonyl (C=O) groups excluding carboxylic acids is 2. The van der Waals surface area contributed by atoms with Crippen LogP contribution in [0.4, 0.5) is 62.8 Å². The third-order valence-corrected chi connectivity index (χ3v) is 17.3. The molecule has 2 aliphatic rings. The van der Waals surface area contributed by atoms with Gasteiger partial charge in [0, 0.05) is 41.9 Å². The first-order valence-electron chi connectivity index (χ1n) is 33.1. The number of esters is 2. The fourth-order valence-electron chi connectivity index (χ4n) is 12.0. The Bertz CT molecular complexity index is 4830. The standard InChI is InChI=1S/C82H61F13N4O9/c1-4-99(30-32-103-79(101)54-33-58(104-44-49-15-8-5-9-16-49)37-59(34-54)105-45-50-17-10-6-11-18-50)57-27-24-48(25-28-57)23-26-52-40-80(2,3)39-51(19-14-22-66-63(43-98)77(55(41-96)42-97)108-81(66,82(93,94)95)56-20-12-7-13-21-56)62(52)29-31-102-78(100)53-35-60(106-46-64-67(83)71(87)75(91)72(88)68(64)84)38-61(36-53)107-47-65-69(85)73(89)76(92)74(90)70(65)86/h5-28,33-38H,4,29-32,39-40,44-47H2,1-3H3/b22-14-,26-23+,51-19+. The molecule has 1 aliphatic heterocycles. The lowest BCUT2D eigenvalue weighted by Crippen LogP contribution is -2.43. The predicted molar refractivity (Wildman–Crippen MR) is 368 cm³/mol. The van der Waals surface area contributed by atoms with Crippen LogP contribution in [0.5, 0.6) is 23.0 Å². The van der Waals surface area contributed by atoms with Gasteiger partial charge in [0.1, 0.15) is 79.8 Å². The molecule has 0 aromatic heterocycles. The number of hydrogen-bond donors (Lipinski definition) is 0. The lowest BCUT2D eigenvalue weighted by Gasteiger charge is -2.34. The summed E-state index contributed by atoms with van der Waals surface area (Å²) in [4.78, 5) is 29.9. The molecule has 8 aromatic rings. The molecule has 0 amide bonds. The van der Waals surface area contributed by atoms with Crippen molar-refractivity contribution in [3.63, 3.8) is 0 Å². The normalized spacial score (nSPS) is 15.2. The van der Waals surface area contributed by atoms with E-state index in [1.807, 2.05) is 111 Å². The molecule has 554 valence electrons. The van der Waals surface area contributed by atoms with Crippen molar-refractivity contribution in [2.75, 3.05) is 31.2 Å². The Morgan fingerprint density at radius 3 is 1.44 bits per heavy atom. The predicted octanol–water partition coefficient (Wildman–Crippen LogP) is 19.5. The average Bonchev–Trinajstić information content (AvgIpc) is 1.56. The second-order valence-corrected chi connectivity index (χ2v) is 25.2. The van der Waals surface area contributed by atoms with E-state index >= 15 is 13.2 Å². The highest BCUT2D eigenvalue weighted by atomic mass is 19.4. The van der Waals surface area contributed by atoms with Gasteiger partial charge in [0.2, 0.25) is 11.6 Å². The zero-order valence-electron chi connectivity index (χ0n) is 57.5. The molecule has 1 aliphatic carbocycles. The van der Waals surface area contributed by atoms with Crippen molar-refractivity contribution in [1.29, 1.82) is 15.8 Å². The van der Waals surface area contributed by atoms with Crippen LogP contribution in [0, 0.1) is 97.6 Å². The van der Waals surface area contributed by atoms with Gasteiger partial charge in [-0.3, -0.25) is 0 Å². The SMILES string of the molecule is CCN(CCOC(=O)c1cc(OCc2ccccc2)cc(OCc2ccccc2)c1)c1ccc(/C=C/C2=C(CCOC(=O)c3cc(OCc4c(F)c(F)c(F)c(F)c4F)cc(OCc4c(F)c(F)c(F)c(F)c4F)c3)C(=C/C=C\C3=C(C#N)C(=C(C#N)C#N)OC3(c3ccccc3)C(F)(F)F)/CC(C)(C)C2)cc1. The minimum absolute atomic E-state index is 0.0264. The molecular formula is C82H61F13N4O9. The Labute approximate surface area is 610 Å². The van der Waals surface area contributed by atoms with Crippen molar-refractivity contribution in [2.24, 2.45) is 5.41 Å². The summed E-state index contributed by atoms with van der Waals surface area (Å²) in [5.74, 6) is -26.9. The second-order valence-electron chi connectivity index (χ2n) is 25.2. The Morgan fingerprint density at radius 2 is 0.991 bits per heavy atom. The summed E-state index contributed by atoms with van der Waals surface area (Å²) in [5.41, 5.74) is -5.67. The summed E-state index contributed by atoms with van der Waals surface area (Å²) in [6.45, 7) is 3.50. The third kappa shape index (κ3) is 17.7. The monoisotopic (exact) mass is 1490 g/mol. The first kappa shape index (κ1) is 78.1. The van der Waals surface area contributed by atoms with Crippen molar-refractivity contribution < 1.29 is 99.8 Å². The number of allylic oxidation sites excluding steroid dienone is 7. The van der Waals surface area contributed by atoms with Gasteiger partial charge in [-0.2, -0.15) is 29.0 Å². The van der Waals surface area contributed by atoms with Gasteiger partial charge < -0.3 is 38.1 Å². The first-order valence-corrected chi connectivity index (χ1v) is 33.1. The van der Waals surface area contributed by atoms with Gasteiger partial charge in [0.25, 0.3) is 5.60 Å². The lowest BCUT2D eigenvalue weighted by atomic mass is 9.71. The number of halogens is 13. The maximum Gasteiger partial charge on any atom is 0.437 e. The second kappa shape index (κ2) is 34.2. The quantitative estimate of drug-likeness (QED) is 0.0157. The van der Waals surface area contributed by atoms with E-state index in [2.05, 4.69) is 0 Å². The van der Waals surface area contributed by atoms with Gasteiger partial charge >= 0.3 is 18.1 Å². The van der Waals surface area contributed by atoms with E-state index in [0.29, 0.717) is 46.7 Å². The van der Waals surface area contributed by atoms with Crippen molar-refractivity contribution in [3.05, 3.63) is 318 Å². The van der Waals surface area contributed by atoms with Crippen molar-refractivity contribution >= 4 is 23.7 Å². The summed E-state index contributed by atoms with van der Waals surface area (Å²) >= 11 is 0. The van der Waals surface area contributed by atoms with Crippen LogP contribution < -0.4 is 23.8 Å². The van der Waals surface area contributed by atoms with Gasteiger partial charge in [0.05, 0.1) is 35.4 Å². The highest BCUT2D eigenvalue weighted by molar-refractivity contribution is 5.91. The van der Waals surface area contributed by atoms with E-state index in [-0.39, 0.29) is 44.8 Å². The van der Waals surface area contributed by atoms with Gasteiger partial charge in [-0.1, -0.05) is 147 Å². The number of carbonyl (C=O) groups is 2. The fourth-order valence-corrected chi connectivity index (χ4v) is 12.0. The molecule has 1 unspecified atom stereocenters. The molecule has 0 fully saturated rings. The van der Waals surface area contributed by atoms with Crippen LogP contribution >= 0.6 is 0 Å². The summed E-state index contributed by atoms with van der Waals surface area (Å²) in [7, 11) is 0. The van der Waals surface area contributed by atoms with Crippen molar-refractivity contribution in [2.45, 2.75) is 78.2 Å². The van der Waals surface area contributed by atoms with E-state index in [1.54, 1.807) is 36.4 Å². The molecule has 0 N–H and O–H groups in total. The number of rotatable bonds is 27. The lowest BCUT2D eigenvalue weighted by molar-refractivity contribution is -0.249. The average molecular weight is 1490 g/mol. The molecule has 0 saturated heterocycles. The molecule has 1 atom stereocenters. The number of benzene rings is 8. The summed E-state index contributed by atoms with van der Waals surface area (Å²) < 4.78 is 232. The van der Waals surface area contributed by atoms with Crippen LogP contribution in [0.2, 0.25) is 0 Å². The zero-order chi connectivity index (χ0) is 77.6. The fraction of sp³-hybridized carbons (Fsp3) is 0.207. The van der Waals surface area contributed by atoms with Crippen LogP contribution in [-0.4, -0.2) is 44.4 Å². The molecule has 108 heavy (non-hydrogen) atoms. The molecule has 0 spiro atoms. The molecule has 0 bridgehead atoms. The number of hydrogen-bond acceptors (Lipinski definition) is 13. The van der Waals surface area contributed by atoms with Crippen LogP contribution in [0.15, 0.2) is 215 Å². The number of nitriles is 3. The van der Waals surface area contributed by atoms with Gasteiger partial charge in [-0.25, -0.2) is 53.5 Å². The minimum atomic E-state index is -5.34. The summed E-state index contributed by atoms with van der Waals surface area (Å²) in [5, 5.41) is 30.2. The summed E-state index contributed by atoms with van der Waals surface area (Å²) in [6.07, 6.45) is 2.17. The smallest absolute Gasteiger partial charge is 0.437 e. The van der Waals surface area contributed by atoms with Crippen molar-refractivity contribution in [3.8, 4) is 41.2 Å². The minimum Gasteiger partial charge on any atom is -0.489 e. The summed E-state index contributed by atoms with van der Waals surface area (Å²) in [6, 6.07) is 44.4. The number of ether oxygens (including phenoxy) is 7. The molecule has 26 heteroatoms. The molecule has 10 rings (SSSR count). The number of likely N-dealkylation sites (N-methyl/N-ethyl adjacent to an activating group) is 1. The molecule has 0 saturated carbocycles. The van der Waals surface area contributed by atoms with Gasteiger partial charge in [-0.15, -0.1) is 0 Å². The van der Waals surface area contributed by atoms with Crippen LogP contribution in [-0.2, 0) is 46.2 Å². The number of nitrogens with zero attached hydrogens (tertiary/aromatic N) is 4. The highest BCUT2D eigenvalue weighted by Gasteiger charge is 2.65. The topological polar surface area (TPSA) is 173 Å². The van der Waals surface area contributed by atoms with E-state index in [0.717, 1.165) is 53.2 Å². The highest BCUT2D eigenvalue weighted by Crippen LogP contribution is 2.56. The molecule has 13 nitrogen and oxygen atoms in total. The number of alkyl halides is 3.